The predicted octanol–water partition coefficient (Wildman–Crippen LogP) is 2.48. The van der Waals surface area contributed by atoms with Crippen molar-refractivity contribution in [1.29, 1.82) is 0 Å². The minimum Gasteiger partial charge on any atom is -0.497 e. The van der Waals surface area contributed by atoms with Gasteiger partial charge >= 0.3 is 0 Å². The lowest BCUT2D eigenvalue weighted by Crippen LogP contribution is -2.41. The Balaban J connectivity index is 1.56. The third-order valence-electron chi connectivity index (χ3n) is 4.11. The van der Waals surface area contributed by atoms with Crippen LogP contribution in [0.15, 0.2) is 36.4 Å². The molecule has 1 amide bonds. The number of nitrogens with zero attached hydrogens (tertiary/aromatic N) is 3. The molecule has 1 aromatic carbocycles. The first-order valence-electron chi connectivity index (χ1n) is 8.06. The predicted molar refractivity (Wildman–Crippen MR) is 89.3 cm³/mol. The first-order chi connectivity index (χ1) is 11.7. The maximum absolute atomic E-state index is 12.6. The third-order valence-corrected chi connectivity index (χ3v) is 4.11. The van der Waals surface area contributed by atoms with Crippen LogP contribution in [0.2, 0.25) is 0 Å². The molecule has 1 aliphatic rings. The number of aryl methyl sites for hydroxylation is 1. The summed E-state index contributed by atoms with van der Waals surface area (Å²) < 4.78 is 11.0. The zero-order valence-corrected chi connectivity index (χ0v) is 13.9. The molecule has 0 saturated carbocycles. The van der Waals surface area contributed by atoms with E-state index in [0.29, 0.717) is 30.3 Å². The van der Waals surface area contributed by atoms with E-state index in [0.717, 1.165) is 18.5 Å². The number of carbonyl (C=O) groups is 1. The van der Waals surface area contributed by atoms with Crippen molar-refractivity contribution < 1.29 is 14.3 Å². The second-order valence-corrected chi connectivity index (χ2v) is 5.85. The summed E-state index contributed by atoms with van der Waals surface area (Å²) in [6.45, 7) is 3.22. The molecular weight excluding hydrogens is 306 g/mol. The number of amides is 1. The maximum Gasteiger partial charge on any atom is 0.253 e. The van der Waals surface area contributed by atoms with E-state index in [2.05, 4.69) is 10.2 Å². The number of aromatic nitrogens is 2. The van der Waals surface area contributed by atoms with Gasteiger partial charge in [-0.2, -0.15) is 5.10 Å². The fourth-order valence-corrected chi connectivity index (χ4v) is 2.74. The highest BCUT2D eigenvalue weighted by Gasteiger charge is 2.25. The zero-order chi connectivity index (χ0) is 16.9. The van der Waals surface area contributed by atoms with Crippen LogP contribution in [-0.2, 0) is 0 Å². The summed E-state index contributed by atoms with van der Waals surface area (Å²) in [6, 6.07) is 11.0. The van der Waals surface area contributed by atoms with Crippen LogP contribution in [0.1, 0.15) is 28.9 Å². The van der Waals surface area contributed by atoms with Crippen LogP contribution in [0, 0.1) is 6.92 Å². The lowest BCUT2D eigenvalue weighted by molar-refractivity contribution is 0.0585. The molecule has 2 aromatic rings. The number of piperidine rings is 1. The number of carbonyl (C=O) groups excluding carboxylic acids is 1. The van der Waals surface area contributed by atoms with Gasteiger partial charge in [-0.3, -0.25) is 4.79 Å². The molecule has 3 rings (SSSR count). The Morgan fingerprint density at radius 1 is 1.17 bits per heavy atom. The number of likely N-dealkylation sites (tertiary alicyclic amines) is 1. The lowest BCUT2D eigenvalue weighted by atomic mass is 10.1. The van der Waals surface area contributed by atoms with Crippen LogP contribution < -0.4 is 9.47 Å². The van der Waals surface area contributed by atoms with Gasteiger partial charge in [0.05, 0.1) is 12.8 Å². The van der Waals surface area contributed by atoms with Gasteiger partial charge in [0.2, 0.25) is 5.88 Å². The van der Waals surface area contributed by atoms with Crippen LogP contribution in [-0.4, -0.2) is 47.3 Å². The topological polar surface area (TPSA) is 64.5 Å². The van der Waals surface area contributed by atoms with Crippen LogP contribution in [0.25, 0.3) is 0 Å². The van der Waals surface area contributed by atoms with Gasteiger partial charge in [0, 0.05) is 37.6 Å². The fraction of sp³-hybridized carbons (Fsp3) is 0.389. The van der Waals surface area contributed by atoms with Crippen LogP contribution >= 0.6 is 0 Å². The zero-order valence-electron chi connectivity index (χ0n) is 13.9. The molecule has 1 aromatic heterocycles. The maximum atomic E-state index is 12.6. The fourth-order valence-electron chi connectivity index (χ4n) is 2.74. The monoisotopic (exact) mass is 327 g/mol. The van der Waals surface area contributed by atoms with Crippen molar-refractivity contribution in [3.8, 4) is 11.6 Å². The standard InChI is InChI=1S/C18H21N3O3/c1-13-6-7-17(20-19-13)24-15-8-10-21(11-9-15)18(22)14-4-3-5-16(12-14)23-2/h3-7,12,15H,8-11H2,1-2H3. The second kappa shape index (κ2) is 7.29. The molecule has 126 valence electrons. The number of methoxy groups -OCH3 is 1. The van der Waals surface area contributed by atoms with E-state index in [1.54, 1.807) is 13.2 Å². The highest BCUT2D eigenvalue weighted by atomic mass is 16.5. The SMILES string of the molecule is COc1cccc(C(=O)N2CCC(Oc3ccc(C)nn3)CC2)c1. The van der Waals surface area contributed by atoms with Crippen molar-refractivity contribution in [1.82, 2.24) is 15.1 Å². The van der Waals surface area contributed by atoms with E-state index in [4.69, 9.17) is 9.47 Å². The average molecular weight is 327 g/mol. The van der Waals surface area contributed by atoms with E-state index in [1.165, 1.54) is 0 Å². The van der Waals surface area contributed by atoms with Gasteiger partial charge in [-0.25, -0.2) is 0 Å². The first kappa shape index (κ1) is 16.2. The molecule has 0 bridgehead atoms. The third kappa shape index (κ3) is 3.82. The Hall–Kier alpha value is -2.63. The van der Waals surface area contributed by atoms with E-state index in [1.807, 2.05) is 42.2 Å². The summed E-state index contributed by atoms with van der Waals surface area (Å²) >= 11 is 0. The molecule has 1 saturated heterocycles. The molecule has 0 spiro atoms. The van der Waals surface area contributed by atoms with Crippen molar-refractivity contribution >= 4 is 5.91 Å². The normalized spacial score (nSPS) is 15.2. The average Bonchev–Trinajstić information content (AvgIpc) is 2.64. The smallest absolute Gasteiger partial charge is 0.253 e. The number of benzene rings is 1. The molecule has 6 heteroatoms. The molecule has 0 radical (unpaired) electrons. The van der Waals surface area contributed by atoms with Crippen LogP contribution in [0.3, 0.4) is 0 Å². The van der Waals surface area contributed by atoms with Gasteiger partial charge in [-0.15, -0.1) is 5.10 Å². The Bertz CT molecular complexity index is 695. The van der Waals surface area contributed by atoms with Crippen molar-refractivity contribution in [2.45, 2.75) is 25.9 Å². The van der Waals surface area contributed by atoms with E-state index < -0.39 is 0 Å². The Kier molecular flexibility index (Phi) is 4.93. The van der Waals surface area contributed by atoms with Gasteiger partial charge < -0.3 is 14.4 Å². The van der Waals surface area contributed by atoms with Crippen molar-refractivity contribution in [2.75, 3.05) is 20.2 Å². The molecule has 6 nitrogen and oxygen atoms in total. The summed E-state index contributed by atoms with van der Waals surface area (Å²) in [5.74, 6) is 1.26. The lowest BCUT2D eigenvalue weighted by Gasteiger charge is -2.32. The molecule has 1 aliphatic heterocycles. The Morgan fingerprint density at radius 3 is 2.62 bits per heavy atom. The summed E-state index contributed by atoms with van der Waals surface area (Å²) in [5, 5.41) is 8.02. The minimum absolute atomic E-state index is 0.0301. The van der Waals surface area contributed by atoms with Gasteiger partial charge in [-0.05, 0) is 31.2 Å². The molecule has 0 N–H and O–H groups in total. The van der Waals surface area contributed by atoms with Crippen LogP contribution in [0.5, 0.6) is 11.6 Å². The number of hydrogen-bond acceptors (Lipinski definition) is 5. The summed E-state index contributed by atoms with van der Waals surface area (Å²) in [7, 11) is 1.60. The van der Waals surface area contributed by atoms with Crippen molar-refractivity contribution in [3.63, 3.8) is 0 Å². The molecule has 0 atom stereocenters. The number of ether oxygens (including phenoxy) is 2. The Labute approximate surface area is 141 Å². The van der Waals surface area contributed by atoms with E-state index >= 15 is 0 Å². The first-order valence-corrected chi connectivity index (χ1v) is 8.06. The van der Waals surface area contributed by atoms with Crippen LogP contribution in [0.4, 0.5) is 0 Å². The van der Waals surface area contributed by atoms with E-state index in [-0.39, 0.29) is 12.0 Å². The van der Waals surface area contributed by atoms with E-state index in [9.17, 15) is 4.79 Å². The summed E-state index contributed by atoms with van der Waals surface area (Å²) in [4.78, 5) is 14.4. The number of rotatable bonds is 4. The molecule has 0 unspecified atom stereocenters. The molecule has 0 aliphatic carbocycles. The Morgan fingerprint density at radius 2 is 1.96 bits per heavy atom. The minimum atomic E-state index is 0.0301. The highest BCUT2D eigenvalue weighted by molar-refractivity contribution is 5.94. The molecule has 1 fully saturated rings. The highest BCUT2D eigenvalue weighted by Crippen LogP contribution is 2.20. The second-order valence-electron chi connectivity index (χ2n) is 5.85. The van der Waals surface area contributed by atoms with Gasteiger partial charge in [0.15, 0.2) is 0 Å². The summed E-state index contributed by atoms with van der Waals surface area (Å²) in [6.07, 6.45) is 1.63. The van der Waals surface area contributed by atoms with Gasteiger partial charge in [0.1, 0.15) is 11.9 Å². The molecule has 24 heavy (non-hydrogen) atoms. The van der Waals surface area contributed by atoms with Gasteiger partial charge in [-0.1, -0.05) is 6.07 Å². The number of hydrogen-bond donors (Lipinski definition) is 0. The van der Waals surface area contributed by atoms with Crippen molar-refractivity contribution in [3.05, 3.63) is 47.7 Å². The van der Waals surface area contributed by atoms with Crippen molar-refractivity contribution in [2.24, 2.45) is 0 Å². The quantitative estimate of drug-likeness (QED) is 0.863. The largest absolute Gasteiger partial charge is 0.497 e. The van der Waals surface area contributed by atoms with Gasteiger partial charge in [0.25, 0.3) is 5.91 Å². The molecule has 2 heterocycles. The summed E-state index contributed by atoms with van der Waals surface area (Å²) in [5.41, 5.74) is 1.51. The molecular formula is C18H21N3O3.